The van der Waals surface area contributed by atoms with Crippen molar-refractivity contribution in [3.05, 3.63) is 73.3 Å². The summed E-state index contributed by atoms with van der Waals surface area (Å²) in [5.41, 5.74) is 0.895. The highest BCUT2D eigenvalue weighted by atomic mass is 127. The van der Waals surface area contributed by atoms with Gasteiger partial charge in [0.15, 0.2) is 0 Å². The van der Waals surface area contributed by atoms with E-state index >= 15 is 0 Å². The number of aliphatic hydroxyl groups excluding tert-OH is 1. The third-order valence-electron chi connectivity index (χ3n) is 2.60. The Kier molecular flexibility index (Phi) is 3.93. The largest absolute Gasteiger partial charge is 0.383 e. The average molecular weight is 355 g/mol. The predicted molar refractivity (Wildman–Crippen MR) is 76.3 cm³/mol. The van der Waals surface area contributed by atoms with Gasteiger partial charge in [-0.15, -0.1) is 0 Å². The first-order valence-corrected chi connectivity index (χ1v) is 6.34. The molecule has 0 spiro atoms. The van der Waals surface area contributed by atoms with Crippen molar-refractivity contribution in [2.45, 2.75) is 6.10 Å². The van der Waals surface area contributed by atoms with Crippen LogP contribution >= 0.6 is 22.6 Å². The molecule has 0 saturated heterocycles. The summed E-state index contributed by atoms with van der Waals surface area (Å²) in [6.07, 6.45) is -0.983. The highest BCUT2D eigenvalue weighted by Crippen LogP contribution is 2.30. The van der Waals surface area contributed by atoms with E-state index < -0.39 is 11.0 Å². The van der Waals surface area contributed by atoms with Crippen molar-refractivity contribution < 1.29 is 10.0 Å². The van der Waals surface area contributed by atoms with Crippen molar-refractivity contribution in [1.82, 2.24) is 0 Å². The molecular formula is C13H10INO3. The van der Waals surface area contributed by atoms with Crippen LogP contribution in [0.15, 0.2) is 48.5 Å². The van der Waals surface area contributed by atoms with Crippen molar-refractivity contribution in [3.8, 4) is 0 Å². The summed E-state index contributed by atoms with van der Waals surface area (Å²) in [4.78, 5) is 10.5. The molecule has 4 nitrogen and oxygen atoms in total. The highest BCUT2D eigenvalue weighted by molar-refractivity contribution is 14.1. The summed E-state index contributed by atoms with van der Waals surface area (Å²) in [6, 6.07) is 13.7. The first-order chi connectivity index (χ1) is 8.59. The first-order valence-electron chi connectivity index (χ1n) is 5.26. The van der Waals surface area contributed by atoms with E-state index in [2.05, 4.69) is 0 Å². The van der Waals surface area contributed by atoms with E-state index in [0.29, 0.717) is 11.1 Å². The van der Waals surface area contributed by atoms with Crippen LogP contribution in [0.5, 0.6) is 0 Å². The molecule has 0 bridgehead atoms. The number of nitro groups is 1. The van der Waals surface area contributed by atoms with Crippen molar-refractivity contribution in [3.63, 3.8) is 0 Å². The lowest BCUT2D eigenvalue weighted by Crippen LogP contribution is -2.04. The van der Waals surface area contributed by atoms with Gasteiger partial charge in [-0.05, 0) is 40.3 Å². The zero-order valence-corrected chi connectivity index (χ0v) is 11.4. The van der Waals surface area contributed by atoms with Gasteiger partial charge in [-0.25, -0.2) is 0 Å². The van der Waals surface area contributed by atoms with Gasteiger partial charge < -0.3 is 5.11 Å². The van der Waals surface area contributed by atoms with Gasteiger partial charge in [-0.3, -0.25) is 10.1 Å². The lowest BCUT2D eigenvalue weighted by molar-refractivity contribution is -0.386. The fourth-order valence-corrected chi connectivity index (χ4v) is 2.20. The van der Waals surface area contributed by atoms with E-state index in [4.69, 9.17) is 0 Å². The Morgan fingerprint density at radius 2 is 1.83 bits per heavy atom. The Balaban J connectivity index is 2.48. The average Bonchev–Trinajstić information content (AvgIpc) is 2.39. The summed E-state index contributed by atoms with van der Waals surface area (Å²) in [6.45, 7) is 0. The van der Waals surface area contributed by atoms with E-state index in [1.165, 1.54) is 6.07 Å². The topological polar surface area (TPSA) is 63.4 Å². The van der Waals surface area contributed by atoms with Crippen LogP contribution in [0.1, 0.15) is 17.2 Å². The summed E-state index contributed by atoms with van der Waals surface area (Å²) in [7, 11) is 0. The quantitative estimate of drug-likeness (QED) is 0.522. The van der Waals surface area contributed by atoms with Crippen LogP contribution < -0.4 is 0 Å². The van der Waals surface area contributed by atoms with Gasteiger partial charge in [0.05, 0.1) is 10.5 Å². The van der Waals surface area contributed by atoms with Crippen LogP contribution in [0.3, 0.4) is 0 Å². The van der Waals surface area contributed by atoms with Gasteiger partial charge in [0.1, 0.15) is 6.10 Å². The van der Waals surface area contributed by atoms with Crippen LogP contribution in [0, 0.1) is 13.7 Å². The minimum absolute atomic E-state index is 0.0572. The minimum atomic E-state index is -0.983. The van der Waals surface area contributed by atoms with Crippen LogP contribution in [-0.4, -0.2) is 10.0 Å². The molecule has 1 N–H and O–H groups in total. The Morgan fingerprint density at radius 3 is 2.44 bits per heavy atom. The van der Waals surface area contributed by atoms with Gasteiger partial charge in [-0.2, -0.15) is 0 Å². The predicted octanol–water partition coefficient (Wildman–Crippen LogP) is 3.28. The number of halogens is 1. The van der Waals surface area contributed by atoms with Gasteiger partial charge in [-0.1, -0.05) is 30.3 Å². The number of benzene rings is 2. The van der Waals surface area contributed by atoms with Crippen LogP contribution in [0.2, 0.25) is 0 Å². The summed E-state index contributed by atoms with van der Waals surface area (Å²) in [5, 5.41) is 21.2. The Labute approximate surface area is 118 Å². The molecular weight excluding hydrogens is 345 g/mol. The smallest absolute Gasteiger partial charge is 0.276 e. The number of hydrogen-bond acceptors (Lipinski definition) is 3. The Morgan fingerprint density at radius 1 is 1.17 bits per heavy atom. The SMILES string of the molecule is O=[N+]([O-])c1cc(I)ccc1C(O)c1ccccc1. The zero-order chi connectivity index (χ0) is 13.1. The van der Waals surface area contributed by atoms with E-state index in [-0.39, 0.29) is 5.69 Å². The summed E-state index contributed by atoms with van der Waals surface area (Å²) >= 11 is 2.01. The molecule has 0 saturated carbocycles. The Hall–Kier alpha value is -1.47. The van der Waals surface area contributed by atoms with Crippen molar-refractivity contribution in [2.75, 3.05) is 0 Å². The molecule has 0 aliphatic heterocycles. The minimum Gasteiger partial charge on any atom is -0.383 e. The molecule has 0 fully saturated rings. The van der Waals surface area contributed by atoms with Crippen LogP contribution in [0.4, 0.5) is 5.69 Å². The van der Waals surface area contributed by atoms with Crippen molar-refractivity contribution in [1.29, 1.82) is 0 Å². The third kappa shape index (κ3) is 2.68. The van der Waals surface area contributed by atoms with Gasteiger partial charge in [0, 0.05) is 9.64 Å². The highest BCUT2D eigenvalue weighted by Gasteiger charge is 2.21. The number of hydrogen-bond donors (Lipinski definition) is 1. The van der Waals surface area contributed by atoms with Crippen molar-refractivity contribution >= 4 is 28.3 Å². The lowest BCUT2D eigenvalue weighted by atomic mass is 10.0. The number of nitro benzene ring substituents is 1. The van der Waals surface area contributed by atoms with Gasteiger partial charge in [0.2, 0.25) is 0 Å². The molecule has 0 aliphatic rings. The molecule has 0 aliphatic carbocycles. The van der Waals surface area contributed by atoms with E-state index in [0.717, 1.165) is 3.57 Å². The molecule has 0 aromatic heterocycles. The normalized spacial score (nSPS) is 12.1. The number of rotatable bonds is 3. The van der Waals surface area contributed by atoms with Crippen LogP contribution in [-0.2, 0) is 0 Å². The monoisotopic (exact) mass is 355 g/mol. The molecule has 1 unspecified atom stereocenters. The van der Waals surface area contributed by atoms with Crippen molar-refractivity contribution in [2.24, 2.45) is 0 Å². The molecule has 0 radical (unpaired) electrons. The molecule has 1 atom stereocenters. The number of nitrogens with zero attached hydrogens (tertiary/aromatic N) is 1. The van der Waals surface area contributed by atoms with E-state index in [1.807, 2.05) is 28.7 Å². The molecule has 2 rings (SSSR count). The lowest BCUT2D eigenvalue weighted by Gasteiger charge is -2.11. The van der Waals surface area contributed by atoms with Gasteiger partial charge >= 0.3 is 0 Å². The second kappa shape index (κ2) is 5.45. The standard InChI is InChI=1S/C13H10INO3/c14-10-6-7-11(12(8-10)15(17)18)13(16)9-4-2-1-3-5-9/h1-8,13,16H. The van der Waals surface area contributed by atoms with Crippen LogP contribution in [0.25, 0.3) is 0 Å². The fourth-order valence-electron chi connectivity index (χ4n) is 1.72. The maximum Gasteiger partial charge on any atom is 0.276 e. The first kappa shape index (κ1) is 13.0. The maximum absolute atomic E-state index is 11.0. The molecule has 0 amide bonds. The summed E-state index contributed by atoms with van der Waals surface area (Å²) in [5.74, 6) is 0. The zero-order valence-electron chi connectivity index (χ0n) is 9.29. The molecule has 5 heteroatoms. The molecule has 2 aromatic carbocycles. The van der Waals surface area contributed by atoms with E-state index in [1.54, 1.807) is 36.4 Å². The fraction of sp³-hybridized carbons (Fsp3) is 0.0769. The Bertz CT molecular complexity index is 572. The summed E-state index contributed by atoms with van der Waals surface area (Å²) < 4.78 is 0.767. The molecule has 92 valence electrons. The second-order valence-corrected chi connectivity index (χ2v) is 5.02. The second-order valence-electron chi connectivity index (χ2n) is 3.77. The maximum atomic E-state index is 11.0. The molecule has 2 aromatic rings. The molecule has 18 heavy (non-hydrogen) atoms. The van der Waals surface area contributed by atoms with Gasteiger partial charge in [0.25, 0.3) is 5.69 Å². The van der Waals surface area contributed by atoms with E-state index in [9.17, 15) is 15.2 Å². The number of aliphatic hydroxyl groups is 1. The molecule has 0 heterocycles. The third-order valence-corrected chi connectivity index (χ3v) is 3.27.